The zero-order valence-corrected chi connectivity index (χ0v) is 56.1. The fourth-order valence-corrected chi connectivity index (χ4v) is 11.7. The number of benzene rings is 2. The summed E-state index contributed by atoms with van der Waals surface area (Å²) >= 11 is 7.70. The third-order valence-corrected chi connectivity index (χ3v) is 17.9. The number of methoxy groups -OCH3 is 3. The van der Waals surface area contributed by atoms with E-state index in [-0.39, 0.29) is 86.3 Å². The van der Waals surface area contributed by atoms with Gasteiger partial charge in [0.25, 0.3) is 17.1 Å². The topological polar surface area (TPSA) is 320 Å². The predicted octanol–water partition coefficient (Wildman–Crippen LogP) is 8.05. The standard InChI is InChI=1S/C64H87ClN8O19S/c1-39-18-17-21-49(86-10)64(84,68-60(81)87-11)28-26-40(2)57-63(4,91-57)50(36-54(77)72(8)47-34-43(32-39)35-48(85-9)56(47)65)90-58(79)41(3)71(7)51(74)27-31-93-62(83)70(6)30-29-69(5)61(82)88-38-42-22-23-45(67-59(80)89-44-19-15-13-12-14-16-20-44)46(33-42)66-37-55(78)92-73-52(75)24-25-53(73)76/h15,17-19,21-23,33-35,40-41,44,49-50,57,66,84H,12-14,16,20,24-32,36-38H2,1-11H3,(H,67,80)(H,68,81)/b19-15+,21-17+,39-18+/t40-,41+,44?,49-,50+,57+,63+,64+/m1/s1. The molecule has 4 N–H and O–H groups in total. The first-order valence-corrected chi connectivity index (χ1v) is 32.0. The van der Waals surface area contributed by atoms with Crippen LogP contribution in [-0.4, -0.2) is 201 Å². The van der Waals surface area contributed by atoms with Gasteiger partial charge in [-0.05, 0) is 113 Å². The molecule has 2 fully saturated rings. The van der Waals surface area contributed by atoms with E-state index in [1.807, 2.05) is 32.1 Å². The molecule has 3 aliphatic heterocycles. The number of esters is 1. The van der Waals surface area contributed by atoms with Crippen LogP contribution in [0, 0.1) is 5.92 Å². The summed E-state index contributed by atoms with van der Waals surface area (Å²) in [6.45, 7) is 6.27. The van der Waals surface area contributed by atoms with Crippen molar-refractivity contribution in [1.29, 1.82) is 0 Å². The lowest BCUT2D eigenvalue weighted by molar-refractivity contribution is -0.196. The Morgan fingerprint density at radius 3 is 2.32 bits per heavy atom. The molecule has 0 radical (unpaired) electrons. The van der Waals surface area contributed by atoms with E-state index in [0.29, 0.717) is 34.9 Å². The Bertz CT molecular complexity index is 3150. The first-order chi connectivity index (χ1) is 44.1. The van der Waals surface area contributed by atoms with Gasteiger partial charge < -0.3 is 68.0 Å². The van der Waals surface area contributed by atoms with Crippen LogP contribution < -0.4 is 25.6 Å². The van der Waals surface area contributed by atoms with Gasteiger partial charge in [-0.3, -0.25) is 34.6 Å². The molecule has 2 saturated heterocycles. The number of likely N-dealkylation sites (N-methyl/N-ethyl adjacent to an activating group) is 3. The molecule has 1 unspecified atom stereocenters. The van der Waals surface area contributed by atoms with Crippen molar-refractivity contribution in [2.75, 3.05) is 90.4 Å². The first-order valence-electron chi connectivity index (χ1n) is 30.7. The number of ether oxygens (including phenoxy) is 7. The zero-order valence-electron chi connectivity index (χ0n) is 54.6. The van der Waals surface area contributed by atoms with E-state index in [1.165, 1.54) is 81.1 Å². The quantitative estimate of drug-likeness (QED) is 0.0243. The summed E-state index contributed by atoms with van der Waals surface area (Å²) in [5, 5.41) is 20.2. The summed E-state index contributed by atoms with van der Waals surface area (Å²) in [6.07, 6.45) is 7.62. The fourth-order valence-electron chi connectivity index (χ4n) is 10.6. The number of amides is 8. The molecule has 93 heavy (non-hydrogen) atoms. The van der Waals surface area contributed by atoms with Crippen LogP contribution >= 0.6 is 23.4 Å². The molecule has 8 atom stereocenters. The Morgan fingerprint density at radius 1 is 0.903 bits per heavy atom. The Balaban J connectivity index is 1.03. The normalized spacial score (nSPS) is 24.2. The van der Waals surface area contributed by atoms with Crippen molar-refractivity contribution in [2.24, 2.45) is 5.92 Å². The van der Waals surface area contributed by atoms with Crippen LogP contribution in [0.3, 0.4) is 0 Å². The molecule has 0 aromatic heterocycles. The Labute approximate surface area is 551 Å². The van der Waals surface area contributed by atoms with Gasteiger partial charge >= 0.3 is 30.2 Å². The molecule has 29 heteroatoms. The van der Waals surface area contributed by atoms with Crippen LogP contribution in [-0.2, 0) is 75.1 Å². The molecule has 2 aromatic rings. The molecule has 2 bridgehead atoms. The molecular formula is C64H87ClN8O19S. The third-order valence-electron chi connectivity index (χ3n) is 16.6. The van der Waals surface area contributed by atoms with Crippen LogP contribution in [0.2, 0.25) is 5.02 Å². The van der Waals surface area contributed by atoms with E-state index < -0.39 is 107 Å². The van der Waals surface area contributed by atoms with E-state index in [0.717, 1.165) is 48.6 Å². The number of carbonyl (C=O) groups is 10. The SMILES string of the molecule is COC(=O)N[C@]1(O)CC[C@@H](C)[C@@H]2O[C@@]2(C)[C@@H](OC(=O)[C@H](C)N(C)C(=O)CCSC(=O)N(C)CCN(C)C(=O)OCc2ccc(NC(=O)OC3/C=C/CCCCC3)c(NCC(=O)ON3C(=O)CCC3=O)c2)CC(=O)N(C)c2cc(cc(OC)c2Cl)C/C(C)=C/C=C/[C@H]1OC. The lowest BCUT2D eigenvalue weighted by atomic mass is 9.86. The van der Waals surface area contributed by atoms with Gasteiger partial charge in [-0.2, -0.15) is 0 Å². The van der Waals surface area contributed by atoms with Crippen molar-refractivity contribution in [3.05, 3.63) is 82.4 Å². The van der Waals surface area contributed by atoms with Crippen LogP contribution in [0.1, 0.15) is 109 Å². The lowest BCUT2D eigenvalue weighted by Gasteiger charge is -2.34. The summed E-state index contributed by atoms with van der Waals surface area (Å²) in [5.74, 6) is -4.11. The molecule has 0 saturated carbocycles. The minimum atomic E-state index is -1.96. The fraction of sp³-hybridized carbons (Fsp3) is 0.562. The number of carbonyl (C=O) groups excluding carboxylic acids is 10. The molecule has 2 aromatic carbocycles. The average Bonchev–Trinajstić information content (AvgIpc) is 1.59. The minimum absolute atomic E-state index is 0.0280. The monoisotopic (exact) mass is 1340 g/mol. The maximum atomic E-state index is 14.4. The Hall–Kier alpha value is -7.92. The number of thioether (sulfide) groups is 1. The molecule has 3 heterocycles. The Kier molecular flexibility index (Phi) is 27.3. The summed E-state index contributed by atoms with van der Waals surface area (Å²) in [7, 11) is 9.99. The lowest BCUT2D eigenvalue weighted by Crippen LogP contribution is -2.57. The molecule has 0 spiro atoms. The van der Waals surface area contributed by atoms with Gasteiger partial charge in [0.15, 0.2) is 5.72 Å². The molecular weight excluding hydrogens is 1250 g/mol. The van der Waals surface area contributed by atoms with Crippen LogP contribution in [0.15, 0.2) is 66.3 Å². The van der Waals surface area contributed by atoms with E-state index >= 15 is 0 Å². The summed E-state index contributed by atoms with van der Waals surface area (Å²) in [5.41, 5.74) is -0.414. The summed E-state index contributed by atoms with van der Waals surface area (Å²) < 4.78 is 39.9. The highest BCUT2D eigenvalue weighted by atomic mass is 35.5. The van der Waals surface area contributed by atoms with Crippen LogP contribution in [0.4, 0.5) is 36.2 Å². The number of hydrogen-bond donors (Lipinski definition) is 4. The third kappa shape index (κ3) is 20.8. The smallest absolute Gasteiger partial charge is 0.412 e. The number of hydrogen-bond acceptors (Lipinski definition) is 21. The zero-order chi connectivity index (χ0) is 68.3. The highest BCUT2D eigenvalue weighted by Gasteiger charge is 2.62. The number of anilines is 3. The number of aliphatic hydroxyl groups is 1. The van der Waals surface area contributed by atoms with E-state index in [4.69, 9.17) is 49.6 Å². The van der Waals surface area contributed by atoms with Gasteiger partial charge in [-0.1, -0.05) is 72.7 Å². The maximum absolute atomic E-state index is 14.4. The number of rotatable bonds is 20. The number of epoxide rings is 1. The van der Waals surface area contributed by atoms with Crippen LogP contribution in [0.25, 0.3) is 0 Å². The first kappa shape index (κ1) is 74.1. The van der Waals surface area contributed by atoms with Crippen molar-refractivity contribution >= 4 is 99.5 Å². The van der Waals surface area contributed by atoms with E-state index in [1.54, 1.807) is 44.3 Å². The molecule has 8 amide bonds. The minimum Gasteiger partial charge on any atom is -0.495 e. The number of hydroxylamine groups is 2. The van der Waals surface area contributed by atoms with Gasteiger partial charge in [-0.25, -0.2) is 24.0 Å². The molecule has 4 aliphatic rings. The van der Waals surface area contributed by atoms with Gasteiger partial charge in [-0.15, -0.1) is 5.06 Å². The number of nitrogens with one attached hydrogen (secondary N) is 3. The van der Waals surface area contributed by atoms with Gasteiger partial charge in [0.2, 0.25) is 11.8 Å². The molecule has 6 rings (SSSR count). The number of imide groups is 1. The van der Waals surface area contributed by atoms with Crippen molar-refractivity contribution < 1.29 is 91.0 Å². The van der Waals surface area contributed by atoms with Gasteiger partial charge in [0.1, 0.15) is 53.9 Å². The second kappa shape index (κ2) is 34.3. The van der Waals surface area contributed by atoms with Crippen molar-refractivity contribution in [2.45, 2.75) is 153 Å². The maximum Gasteiger partial charge on any atom is 0.412 e. The number of nitrogens with zero attached hydrogens (tertiary/aromatic N) is 5. The number of halogens is 1. The number of alkyl carbamates (subject to hydrolysis) is 1. The predicted molar refractivity (Wildman–Crippen MR) is 344 cm³/mol. The Morgan fingerprint density at radius 2 is 1.62 bits per heavy atom. The van der Waals surface area contributed by atoms with Gasteiger partial charge in [0, 0.05) is 73.4 Å². The van der Waals surface area contributed by atoms with E-state index in [2.05, 4.69) is 16.0 Å². The van der Waals surface area contributed by atoms with Crippen molar-refractivity contribution in [1.82, 2.24) is 25.1 Å². The highest BCUT2D eigenvalue weighted by Crippen LogP contribution is 2.48. The van der Waals surface area contributed by atoms with E-state index in [9.17, 15) is 53.1 Å². The van der Waals surface area contributed by atoms with Crippen LogP contribution in [0.5, 0.6) is 5.75 Å². The second-order valence-corrected chi connectivity index (χ2v) is 25.0. The summed E-state index contributed by atoms with van der Waals surface area (Å²) in [4.78, 5) is 141. The number of allylic oxidation sites excluding steroid dienone is 4. The highest BCUT2D eigenvalue weighted by molar-refractivity contribution is 8.13. The molecule has 27 nitrogen and oxygen atoms in total. The van der Waals surface area contributed by atoms with Crippen molar-refractivity contribution in [3.63, 3.8) is 0 Å². The molecule has 510 valence electrons. The number of fused-ring (bicyclic) bond motifs is 3. The average molecular weight is 1340 g/mol. The van der Waals surface area contributed by atoms with Gasteiger partial charge in [0.05, 0.1) is 43.8 Å². The largest absolute Gasteiger partial charge is 0.495 e. The summed E-state index contributed by atoms with van der Waals surface area (Å²) in [6, 6.07) is 6.95. The second-order valence-electron chi connectivity index (χ2n) is 23.6. The molecule has 1 aliphatic carbocycles. The van der Waals surface area contributed by atoms with Crippen molar-refractivity contribution in [3.8, 4) is 5.75 Å².